The SMILES string of the molecule is CCC(CC)(Cc1ccc(C(=O)Oc2ccc(C(=N)N)cc2F)s1)C(=O)N[C@@H](CO)C(=O)O.Cl. The Balaban J connectivity index is 0.00000578. The Bertz CT molecular complexity index is 1060. The van der Waals surface area contributed by atoms with Crippen molar-refractivity contribution < 1.29 is 33.7 Å². The zero-order valence-electron chi connectivity index (χ0n) is 18.6. The summed E-state index contributed by atoms with van der Waals surface area (Å²) in [6.07, 6.45) is 1.04. The molecule has 1 aromatic carbocycles. The number of ether oxygens (including phenoxy) is 1. The first-order valence-electron chi connectivity index (χ1n) is 10.2. The fourth-order valence-corrected chi connectivity index (χ4v) is 4.24. The number of carbonyl (C=O) groups is 3. The van der Waals surface area contributed by atoms with E-state index in [1.165, 1.54) is 18.2 Å². The number of benzene rings is 1. The molecule has 1 atom stereocenters. The quantitative estimate of drug-likeness (QED) is 0.133. The summed E-state index contributed by atoms with van der Waals surface area (Å²) in [6.45, 7) is 2.87. The molecular formula is C22H27ClFN3O6S. The van der Waals surface area contributed by atoms with Gasteiger partial charge in [0.1, 0.15) is 16.8 Å². The van der Waals surface area contributed by atoms with Gasteiger partial charge in [0, 0.05) is 10.4 Å². The maximum Gasteiger partial charge on any atom is 0.353 e. The number of esters is 1. The van der Waals surface area contributed by atoms with Gasteiger partial charge >= 0.3 is 11.9 Å². The van der Waals surface area contributed by atoms with Gasteiger partial charge in [-0.25, -0.2) is 14.0 Å². The number of hydrogen-bond acceptors (Lipinski definition) is 7. The molecule has 6 N–H and O–H groups in total. The van der Waals surface area contributed by atoms with E-state index < -0.39 is 41.7 Å². The van der Waals surface area contributed by atoms with E-state index in [1.54, 1.807) is 19.9 Å². The van der Waals surface area contributed by atoms with Crippen molar-refractivity contribution in [3.05, 3.63) is 51.5 Å². The summed E-state index contributed by atoms with van der Waals surface area (Å²) in [5.41, 5.74) is 4.53. The van der Waals surface area contributed by atoms with Gasteiger partial charge in [0.2, 0.25) is 5.91 Å². The third-order valence-corrected chi connectivity index (χ3v) is 6.51. The molecule has 2 aromatic rings. The van der Waals surface area contributed by atoms with E-state index in [4.69, 9.17) is 21.0 Å². The van der Waals surface area contributed by atoms with Crippen molar-refractivity contribution in [2.24, 2.45) is 11.1 Å². The monoisotopic (exact) mass is 515 g/mol. The first-order valence-corrected chi connectivity index (χ1v) is 11.0. The summed E-state index contributed by atoms with van der Waals surface area (Å²) in [5, 5.41) is 28.0. The molecule has 2 rings (SSSR count). The standard InChI is InChI=1S/C22H26FN3O6S.ClH/c1-3-22(4-2,21(31)26-15(11-27)19(28)29)10-13-6-8-17(33-13)20(30)32-16-7-5-12(18(24)25)9-14(16)23;/h5-9,15,27H,3-4,10-11H2,1-2H3,(H3,24,25)(H,26,31)(H,28,29);1H/t15-;/m0./s1. The highest BCUT2D eigenvalue weighted by Crippen LogP contribution is 2.34. The number of carboxylic acids is 1. The number of nitrogens with two attached hydrogens (primary N) is 1. The molecule has 12 heteroatoms. The van der Waals surface area contributed by atoms with Gasteiger partial charge in [0.25, 0.3) is 0 Å². The summed E-state index contributed by atoms with van der Waals surface area (Å²) in [6, 6.07) is 5.32. The first-order chi connectivity index (χ1) is 15.6. The summed E-state index contributed by atoms with van der Waals surface area (Å²) >= 11 is 1.08. The molecule has 0 fully saturated rings. The molecule has 0 unspecified atom stereocenters. The lowest BCUT2D eigenvalue weighted by atomic mass is 9.77. The molecule has 0 aliphatic heterocycles. The number of nitrogen functional groups attached to an aromatic ring is 1. The van der Waals surface area contributed by atoms with Crippen LogP contribution in [0.5, 0.6) is 5.75 Å². The molecule has 186 valence electrons. The predicted octanol–water partition coefficient (Wildman–Crippen LogP) is 2.72. The Labute approximate surface area is 206 Å². The van der Waals surface area contributed by atoms with Crippen molar-refractivity contribution in [1.82, 2.24) is 5.32 Å². The fourth-order valence-electron chi connectivity index (χ4n) is 3.22. The molecule has 1 heterocycles. The van der Waals surface area contributed by atoms with Gasteiger partial charge in [0.05, 0.1) is 12.0 Å². The molecule has 0 spiro atoms. The lowest BCUT2D eigenvalue weighted by Gasteiger charge is -2.31. The number of rotatable bonds is 11. The second kappa shape index (κ2) is 12.4. The zero-order valence-corrected chi connectivity index (χ0v) is 20.2. The van der Waals surface area contributed by atoms with Crippen molar-refractivity contribution in [1.29, 1.82) is 5.41 Å². The minimum atomic E-state index is -1.41. The number of amidine groups is 1. The van der Waals surface area contributed by atoms with E-state index in [9.17, 15) is 23.9 Å². The lowest BCUT2D eigenvalue weighted by Crippen LogP contribution is -2.50. The topological polar surface area (TPSA) is 163 Å². The zero-order chi connectivity index (χ0) is 24.8. The molecular weight excluding hydrogens is 489 g/mol. The van der Waals surface area contributed by atoms with Crippen LogP contribution in [0, 0.1) is 16.6 Å². The minimum absolute atomic E-state index is 0. The van der Waals surface area contributed by atoms with Gasteiger partial charge < -0.3 is 26.0 Å². The number of aliphatic hydroxyl groups is 1. The van der Waals surface area contributed by atoms with Crippen LogP contribution in [-0.2, 0) is 16.0 Å². The van der Waals surface area contributed by atoms with Crippen LogP contribution in [0.4, 0.5) is 4.39 Å². The molecule has 1 aromatic heterocycles. The summed E-state index contributed by atoms with van der Waals surface area (Å²) in [7, 11) is 0. The number of halogens is 2. The Morgan fingerprint density at radius 3 is 2.38 bits per heavy atom. The molecule has 34 heavy (non-hydrogen) atoms. The third kappa shape index (κ3) is 6.75. The van der Waals surface area contributed by atoms with Crippen molar-refractivity contribution in [2.45, 2.75) is 39.2 Å². The molecule has 0 saturated heterocycles. The summed E-state index contributed by atoms with van der Waals surface area (Å²) in [5.74, 6) is -4.08. The predicted molar refractivity (Wildman–Crippen MR) is 127 cm³/mol. The maximum absolute atomic E-state index is 14.2. The van der Waals surface area contributed by atoms with E-state index in [2.05, 4.69) is 5.32 Å². The summed E-state index contributed by atoms with van der Waals surface area (Å²) < 4.78 is 19.3. The van der Waals surface area contributed by atoms with E-state index in [0.717, 1.165) is 17.4 Å². The van der Waals surface area contributed by atoms with Gasteiger partial charge in [-0.2, -0.15) is 0 Å². The van der Waals surface area contributed by atoms with Gasteiger partial charge in [0.15, 0.2) is 11.6 Å². The number of amides is 1. The van der Waals surface area contributed by atoms with Crippen LogP contribution in [0.1, 0.15) is 46.8 Å². The molecule has 0 aliphatic rings. The Morgan fingerprint density at radius 2 is 1.88 bits per heavy atom. The van der Waals surface area contributed by atoms with E-state index in [1.807, 2.05) is 0 Å². The van der Waals surface area contributed by atoms with E-state index in [0.29, 0.717) is 17.7 Å². The highest BCUT2D eigenvalue weighted by molar-refractivity contribution is 7.14. The van der Waals surface area contributed by atoms with Crippen molar-refractivity contribution in [2.75, 3.05) is 6.61 Å². The van der Waals surface area contributed by atoms with Crippen LogP contribution < -0.4 is 15.8 Å². The number of aliphatic hydroxyl groups excluding tert-OH is 1. The highest BCUT2D eigenvalue weighted by Gasteiger charge is 2.37. The number of carboxylic acid groups (broad SMARTS) is 1. The average Bonchev–Trinajstić information content (AvgIpc) is 3.25. The Morgan fingerprint density at radius 1 is 1.24 bits per heavy atom. The number of thiophene rings is 1. The van der Waals surface area contributed by atoms with Gasteiger partial charge in [-0.05, 0) is 49.6 Å². The molecule has 0 saturated carbocycles. The van der Waals surface area contributed by atoms with E-state index in [-0.39, 0.29) is 40.9 Å². The minimum Gasteiger partial charge on any atom is -0.480 e. The van der Waals surface area contributed by atoms with Crippen LogP contribution in [0.3, 0.4) is 0 Å². The second-order valence-corrected chi connectivity index (χ2v) is 8.59. The van der Waals surface area contributed by atoms with Crippen LogP contribution in [0.25, 0.3) is 0 Å². The van der Waals surface area contributed by atoms with Gasteiger partial charge in [-0.15, -0.1) is 23.7 Å². The molecule has 0 radical (unpaired) electrons. The number of carbonyl (C=O) groups excluding carboxylic acids is 2. The number of nitrogens with one attached hydrogen (secondary N) is 2. The van der Waals surface area contributed by atoms with Crippen LogP contribution in [0.2, 0.25) is 0 Å². The average molecular weight is 516 g/mol. The molecule has 9 nitrogen and oxygen atoms in total. The Hall–Kier alpha value is -3.02. The normalized spacial score (nSPS) is 11.8. The second-order valence-electron chi connectivity index (χ2n) is 7.43. The van der Waals surface area contributed by atoms with Gasteiger partial charge in [-0.3, -0.25) is 10.2 Å². The largest absolute Gasteiger partial charge is 0.480 e. The van der Waals surface area contributed by atoms with Crippen LogP contribution in [0.15, 0.2) is 30.3 Å². The molecule has 1 amide bonds. The Kier molecular flexibility index (Phi) is 10.6. The third-order valence-electron chi connectivity index (χ3n) is 5.44. The first kappa shape index (κ1) is 29.0. The van der Waals surface area contributed by atoms with Crippen molar-refractivity contribution >= 4 is 47.4 Å². The number of aliphatic carboxylic acids is 1. The van der Waals surface area contributed by atoms with E-state index >= 15 is 0 Å². The highest BCUT2D eigenvalue weighted by atomic mass is 35.5. The number of hydrogen-bond donors (Lipinski definition) is 5. The maximum atomic E-state index is 14.2. The molecule has 0 aliphatic carbocycles. The molecule has 0 bridgehead atoms. The lowest BCUT2D eigenvalue weighted by molar-refractivity contribution is -0.145. The van der Waals surface area contributed by atoms with Crippen LogP contribution >= 0.6 is 23.7 Å². The van der Waals surface area contributed by atoms with Crippen molar-refractivity contribution in [3.8, 4) is 5.75 Å². The van der Waals surface area contributed by atoms with Crippen LogP contribution in [-0.4, -0.2) is 46.5 Å². The van der Waals surface area contributed by atoms with Crippen molar-refractivity contribution in [3.63, 3.8) is 0 Å². The van der Waals surface area contributed by atoms with Gasteiger partial charge in [-0.1, -0.05) is 13.8 Å². The smallest absolute Gasteiger partial charge is 0.353 e. The fraction of sp³-hybridized carbons (Fsp3) is 0.364. The summed E-state index contributed by atoms with van der Waals surface area (Å²) in [4.78, 5) is 37.4.